The van der Waals surface area contributed by atoms with Crippen molar-refractivity contribution in [1.82, 2.24) is 5.32 Å². The Bertz CT molecular complexity index is 98.1. The molecule has 0 aromatic heterocycles. The summed E-state index contributed by atoms with van der Waals surface area (Å²) in [5.41, 5.74) is 0. The van der Waals surface area contributed by atoms with E-state index in [9.17, 15) is 5.11 Å². The van der Waals surface area contributed by atoms with Gasteiger partial charge in [-0.25, -0.2) is 0 Å². The highest BCUT2D eigenvalue weighted by Crippen LogP contribution is 2.08. The number of halogens is 1. The zero-order valence-corrected chi connectivity index (χ0v) is 8.23. The van der Waals surface area contributed by atoms with Gasteiger partial charge in [-0.15, -0.1) is 11.6 Å². The van der Waals surface area contributed by atoms with Gasteiger partial charge in [0.25, 0.3) is 0 Å². The molecular formula is C8H18ClNO. The maximum atomic E-state index is 9.37. The molecule has 0 saturated carbocycles. The zero-order valence-electron chi connectivity index (χ0n) is 7.47. The number of hydrogen-bond acceptors (Lipinski definition) is 2. The van der Waals surface area contributed by atoms with Crippen molar-refractivity contribution in [2.75, 3.05) is 12.9 Å². The van der Waals surface area contributed by atoms with Gasteiger partial charge in [0.05, 0.1) is 6.10 Å². The van der Waals surface area contributed by atoms with Crippen LogP contribution in [0.3, 0.4) is 0 Å². The van der Waals surface area contributed by atoms with Gasteiger partial charge in [0.15, 0.2) is 0 Å². The molecule has 68 valence electrons. The van der Waals surface area contributed by atoms with Crippen LogP contribution >= 0.6 is 11.6 Å². The molecule has 2 N–H and O–H groups in total. The summed E-state index contributed by atoms with van der Waals surface area (Å²) in [7, 11) is 1.85. The van der Waals surface area contributed by atoms with Crippen LogP contribution in [0.2, 0.25) is 0 Å². The van der Waals surface area contributed by atoms with E-state index < -0.39 is 6.10 Å². The van der Waals surface area contributed by atoms with E-state index in [1.54, 1.807) is 0 Å². The molecule has 0 spiro atoms. The van der Waals surface area contributed by atoms with Crippen LogP contribution in [-0.2, 0) is 0 Å². The van der Waals surface area contributed by atoms with E-state index >= 15 is 0 Å². The van der Waals surface area contributed by atoms with E-state index in [0.29, 0.717) is 11.8 Å². The van der Waals surface area contributed by atoms with E-state index in [4.69, 9.17) is 11.6 Å². The fourth-order valence-corrected chi connectivity index (χ4v) is 1.30. The fraction of sp³-hybridized carbons (Fsp3) is 1.00. The Morgan fingerprint density at radius 2 is 2.00 bits per heavy atom. The highest BCUT2D eigenvalue weighted by atomic mass is 35.5. The number of aliphatic hydroxyl groups is 1. The van der Waals surface area contributed by atoms with Crippen molar-refractivity contribution in [3.05, 3.63) is 0 Å². The first-order valence-corrected chi connectivity index (χ1v) is 4.56. The van der Waals surface area contributed by atoms with Crippen molar-refractivity contribution in [2.24, 2.45) is 5.92 Å². The number of nitrogens with one attached hydrogen (secondary N) is 1. The van der Waals surface area contributed by atoms with Gasteiger partial charge in [0.2, 0.25) is 0 Å². The third kappa shape index (κ3) is 4.62. The molecule has 2 nitrogen and oxygen atoms in total. The summed E-state index contributed by atoms with van der Waals surface area (Å²) in [4.78, 5) is 0. The molecule has 0 radical (unpaired) electrons. The van der Waals surface area contributed by atoms with Crippen LogP contribution in [0.4, 0.5) is 0 Å². The van der Waals surface area contributed by atoms with Crippen LogP contribution in [0.1, 0.15) is 20.3 Å². The minimum atomic E-state index is -0.427. The highest BCUT2D eigenvalue weighted by Gasteiger charge is 2.16. The minimum absolute atomic E-state index is 0.132. The molecule has 0 bridgehead atoms. The second kappa shape index (κ2) is 5.81. The molecule has 0 aliphatic rings. The van der Waals surface area contributed by atoms with Gasteiger partial charge in [0.1, 0.15) is 0 Å². The maximum absolute atomic E-state index is 9.37. The molecule has 0 saturated heterocycles. The first kappa shape index (κ1) is 11.2. The van der Waals surface area contributed by atoms with Crippen molar-refractivity contribution >= 4 is 11.6 Å². The Kier molecular flexibility index (Phi) is 5.92. The Balaban J connectivity index is 3.74. The van der Waals surface area contributed by atoms with Gasteiger partial charge in [-0.3, -0.25) is 0 Å². The predicted octanol–water partition coefficient (Wildman–Crippen LogP) is 1.22. The van der Waals surface area contributed by atoms with Crippen LogP contribution in [0.5, 0.6) is 0 Å². The van der Waals surface area contributed by atoms with Gasteiger partial charge >= 0.3 is 0 Å². The van der Waals surface area contributed by atoms with Crippen molar-refractivity contribution in [3.63, 3.8) is 0 Å². The monoisotopic (exact) mass is 179 g/mol. The van der Waals surface area contributed by atoms with Gasteiger partial charge in [-0.2, -0.15) is 0 Å². The van der Waals surface area contributed by atoms with Crippen LogP contribution in [0.15, 0.2) is 0 Å². The Morgan fingerprint density at radius 1 is 1.45 bits per heavy atom. The average molecular weight is 180 g/mol. The number of hydrogen-bond donors (Lipinski definition) is 2. The third-order valence-corrected chi connectivity index (χ3v) is 2.03. The van der Waals surface area contributed by atoms with Crippen LogP contribution in [0, 0.1) is 5.92 Å². The molecule has 0 aromatic carbocycles. The summed E-state index contributed by atoms with van der Waals surface area (Å²) in [6.07, 6.45) is 0.536. The summed E-state index contributed by atoms with van der Waals surface area (Å²) >= 11 is 5.52. The Morgan fingerprint density at radius 3 is 2.27 bits per heavy atom. The zero-order chi connectivity index (χ0) is 8.85. The summed E-state index contributed by atoms with van der Waals surface area (Å²) in [6.45, 7) is 4.26. The third-order valence-electron chi connectivity index (χ3n) is 1.72. The number of likely N-dealkylation sites (N-methyl/N-ethyl adjacent to an activating group) is 1. The van der Waals surface area contributed by atoms with E-state index in [1.165, 1.54) is 0 Å². The quantitative estimate of drug-likeness (QED) is 0.623. The lowest BCUT2D eigenvalue weighted by atomic mass is 10.0. The van der Waals surface area contributed by atoms with Crippen molar-refractivity contribution in [2.45, 2.75) is 32.4 Å². The molecule has 2 atom stereocenters. The lowest BCUT2D eigenvalue weighted by Gasteiger charge is -2.22. The average Bonchev–Trinajstić information content (AvgIpc) is 1.98. The van der Waals surface area contributed by atoms with E-state index in [1.807, 2.05) is 7.05 Å². The molecule has 11 heavy (non-hydrogen) atoms. The first-order valence-electron chi connectivity index (χ1n) is 4.03. The predicted molar refractivity (Wildman–Crippen MR) is 49.0 cm³/mol. The molecule has 0 aromatic rings. The van der Waals surface area contributed by atoms with Crippen LogP contribution < -0.4 is 5.32 Å². The summed E-state index contributed by atoms with van der Waals surface area (Å²) in [5, 5.41) is 12.4. The van der Waals surface area contributed by atoms with Crippen molar-refractivity contribution in [1.29, 1.82) is 0 Å². The number of rotatable bonds is 5. The standard InChI is InChI=1S/C8H18ClNO/c1-6(2)4-7(10-3)8(11)5-9/h6-8,10-11H,4-5H2,1-3H3/t7-,8+/m0/s1. The lowest BCUT2D eigenvalue weighted by Crippen LogP contribution is -2.39. The number of alkyl halides is 1. The summed E-state index contributed by atoms with van der Waals surface area (Å²) in [6, 6.07) is 0.132. The lowest BCUT2D eigenvalue weighted by molar-refractivity contribution is 0.140. The molecule has 0 aliphatic carbocycles. The number of aliphatic hydroxyl groups excluding tert-OH is 1. The highest BCUT2D eigenvalue weighted by molar-refractivity contribution is 6.18. The van der Waals surface area contributed by atoms with E-state index in [0.717, 1.165) is 6.42 Å². The molecule has 3 heteroatoms. The minimum Gasteiger partial charge on any atom is -0.390 e. The van der Waals surface area contributed by atoms with Gasteiger partial charge in [0, 0.05) is 11.9 Å². The van der Waals surface area contributed by atoms with Gasteiger partial charge < -0.3 is 10.4 Å². The van der Waals surface area contributed by atoms with Crippen LogP contribution in [0.25, 0.3) is 0 Å². The smallest absolute Gasteiger partial charge is 0.0828 e. The molecular weight excluding hydrogens is 162 g/mol. The molecule has 0 aliphatic heterocycles. The van der Waals surface area contributed by atoms with Gasteiger partial charge in [-0.1, -0.05) is 13.8 Å². The molecule has 0 heterocycles. The van der Waals surface area contributed by atoms with E-state index in [2.05, 4.69) is 19.2 Å². The van der Waals surface area contributed by atoms with E-state index in [-0.39, 0.29) is 6.04 Å². The van der Waals surface area contributed by atoms with Gasteiger partial charge in [-0.05, 0) is 19.4 Å². The second-order valence-corrected chi connectivity index (χ2v) is 3.55. The Hall–Kier alpha value is 0.210. The largest absolute Gasteiger partial charge is 0.390 e. The topological polar surface area (TPSA) is 32.3 Å². The normalized spacial score (nSPS) is 16.9. The maximum Gasteiger partial charge on any atom is 0.0828 e. The van der Waals surface area contributed by atoms with Crippen molar-refractivity contribution in [3.8, 4) is 0 Å². The second-order valence-electron chi connectivity index (χ2n) is 3.25. The molecule has 0 fully saturated rings. The summed E-state index contributed by atoms with van der Waals surface area (Å²) < 4.78 is 0. The van der Waals surface area contributed by atoms with Crippen molar-refractivity contribution < 1.29 is 5.11 Å². The Labute approximate surface area is 73.9 Å². The molecule has 0 amide bonds. The summed E-state index contributed by atoms with van der Waals surface area (Å²) in [5.74, 6) is 0.892. The SMILES string of the molecule is CN[C@@H](CC(C)C)[C@H](O)CCl. The fourth-order valence-electron chi connectivity index (χ4n) is 1.08. The van der Waals surface area contributed by atoms with Crippen LogP contribution in [-0.4, -0.2) is 30.2 Å². The first-order chi connectivity index (χ1) is 5.11. The molecule has 0 rings (SSSR count). The molecule has 0 unspecified atom stereocenters.